The van der Waals surface area contributed by atoms with E-state index in [1.165, 1.54) is 22.1 Å². The molecule has 0 radical (unpaired) electrons. The molecule has 0 aliphatic rings. The van der Waals surface area contributed by atoms with E-state index in [0.717, 1.165) is 16.7 Å². The molecule has 0 unspecified atom stereocenters. The number of rotatable bonds is 7. The van der Waals surface area contributed by atoms with E-state index in [1.807, 2.05) is 54.6 Å². The minimum atomic E-state index is -1.03. The van der Waals surface area contributed by atoms with Crippen LogP contribution in [-0.2, 0) is 0 Å². The summed E-state index contributed by atoms with van der Waals surface area (Å²) in [4.78, 5) is 15.1. The Bertz CT molecular complexity index is 1120. The Morgan fingerprint density at radius 2 is 1.64 bits per heavy atom. The third-order valence-corrected chi connectivity index (χ3v) is 5.04. The first-order chi connectivity index (χ1) is 13.7. The van der Waals surface area contributed by atoms with Crippen LogP contribution >= 0.6 is 11.3 Å². The molecule has 0 saturated heterocycles. The molecule has 0 spiro atoms. The van der Waals surface area contributed by atoms with Crippen LogP contribution in [0.15, 0.2) is 72.1 Å². The fraction of sp³-hybridized carbons (Fsp3) is 0.0909. The number of carboxylic acids is 1. The Balaban J connectivity index is 1.35. The van der Waals surface area contributed by atoms with Crippen LogP contribution in [0.3, 0.4) is 0 Å². The molecule has 28 heavy (non-hydrogen) atoms. The highest BCUT2D eigenvalue weighted by molar-refractivity contribution is 7.13. The van der Waals surface area contributed by atoms with Gasteiger partial charge in [-0.05, 0) is 35.0 Å². The van der Waals surface area contributed by atoms with E-state index in [9.17, 15) is 4.79 Å². The summed E-state index contributed by atoms with van der Waals surface area (Å²) < 4.78 is 11.5. The zero-order chi connectivity index (χ0) is 19.3. The topological polar surface area (TPSA) is 68.7 Å². The summed E-state index contributed by atoms with van der Waals surface area (Å²) in [7, 11) is 0. The molecule has 4 aromatic rings. The molecule has 0 atom stereocenters. The number of carboxylic acid groups (broad SMARTS) is 1. The summed E-state index contributed by atoms with van der Waals surface area (Å²) in [6.45, 7) is 0.817. The van der Waals surface area contributed by atoms with Crippen LogP contribution < -0.4 is 9.47 Å². The van der Waals surface area contributed by atoms with E-state index < -0.39 is 5.97 Å². The minimum Gasteiger partial charge on any atom is -0.490 e. The lowest BCUT2D eigenvalue weighted by atomic mass is 10.1. The highest BCUT2D eigenvalue weighted by Gasteiger charge is 2.10. The minimum absolute atomic E-state index is 0.0510. The van der Waals surface area contributed by atoms with E-state index in [1.54, 1.807) is 0 Å². The first kappa shape index (κ1) is 18.0. The molecule has 140 valence electrons. The van der Waals surface area contributed by atoms with Gasteiger partial charge in [-0.3, -0.25) is 0 Å². The molecule has 6 heteroatoms. The Morgan fingerprint density at radius 1 is 0.893 bits per heavy atom. The third-order valence-electron chi connectivity index (χ3n) is 4.15. The van der Waals surface area contributed by atoms with Gasteiger partial charge < -0.3 is 14.6 Å². The second-order valence-electron chi connectivity index (χ2n) is 6.08. The molecular weight excluding hydrogens is 374 g/mol. The lowest BCUT2D eigenvalue weighted by Crippen LogP contribution is -2.09. The van der Waals surface area contributed by atoms with E-state index in [2.05, 4.69) is 17.1 Å². The largest absolute Gasteiger partial charge is 0.490 e. The standard InChI is InChI=1S/C22H17NO4S/c24-22(25)20-14-28-21(23-20)17-6-3-7-18(13-17)26-10-11-27-19-9-8-15-4-1-2-5-16(15)12-19/h1-9,12-14H,10-11H2,(H,24,25). The molecule has 4 rings (SSSR count). The molecular formula is C22H17NO4S. The molecule has 0 saturated carbocycles. The average Bonchev–Trinajstić information content (AvgIpc) is 3.22. The van der Waals surface area contributed by atoms with Crippen molar-refractivity contribution in [3.63, 3.8) is 0 Å². The predicted molar refractivity (Wildman–Crippen MR) is 109 cm³/mol. The molecule has 5 nitrogen and oxygen atoms in total. The van der Waals surface area contributed by atoms with Crippen molar-refractivity contribution in [3.8, 4) is 22.1 Å². The van der Waals surface area contributed by atoms with Crippen LogP contribution in [-0.4, -0.2) is 29.3 Å². The maximum Gasteiger partial charge on any atom is 0.355 e. The summed E-state index contributed by atoms with van der Waals surface area (Å²) in [5, 5.41) is 13.5. The number of nitrogens with zero attached hydrogens (tertiary/aromatic N) is 1. The fourth-order valence-electron chi connectivity index (χ4n) is 2.80. The monoisotopic (exact) mass is 391 g/mol. The Kier molecular flexibility index (Phi) is 5.21. The maximum atomic E-state index is 11.0. The molecule has 1 N–H and O–H groups in total. The van der Waals surface area contributed by atoms with Crippen molar-refractivity contribution < 1.29 is 19.4 Å². The van der Waals surface area contributed by atoms with Gasteiger partial charge in [0.25, 0.3) is 0 Å². The summed E-state index contributed by atoms with van der Waals surface area (Å²) in [6.07, 6.45) is 0. The van der Waals surface area contributed by atoms with Crippen molar-refractivity contribution in [2.45, 2.75) is 0 Å². The van der Waals surface area contributed by atoms with Gasteiger partial charge in [0, 0.05) is 10.9 Å². The number of benzene rings is 3. The smallest absolute Gasteiger partial charge is 0.355 e. The number of carbonyl (C=O) groups is 1. The summed E-state index contributed by atoms with van der Waals surface area (Å²) in [5.41, 5.74) is 0.876. The molecule has 1 aromatic heterocycles. The van der Waals surface area contributed by atoms with E-state index in [0.29, 0.717) is 24.0 Å². The van der Waals surface area contributed by atoms with Crippen LogP contribution in [0.2, 0.25) is 0 Å². The highest BCUT2D eigenvalue weighted by atomic mass is 32.1. The fourth-order valence-corrected chi connectivity index (χ4v) is 3.59. The van der Waals surface area contributed by atoms with Crippen LogP contribution in [0.1, 0.15) is 10.5 Å². The summed E-state index contributed by atoms with van der Waals surface area (Å²) in [5.74, 6) is 0.465. The molecule has 3 aromatic carbocycles. The first-order valence-electron chi connectivity index (χ1n) is 8.73. The van der Waals surface area contributed by atoms with E-state index in [4.69, 9.17) is 14.6 Å². The number of hydrogen-bond donors (Lipinski definition) is 1. The van der Waals surface area contributed by atoms with Gasteiger partial charge in [-0.25, -0.2) is 9.78 Å². The molecule has 0 bridgehead atoms. The van der Waals surface area contributed by atoms with Crippen molar-refractivity contribution in [2.24, 2.45) is 0 Å². The van der Waals surface area contributed by atoms with Gasteiger partial charge in [-0.15, -0.1) is 11.3 Å². The molecule has 0 aliphatic carbocycles. The van der Waals surface area contributed by atoms with Gasteiger partial charge in [0.1, 0.15) is 29.7 Å². The van der Waals surface area contributed by atoms with Gasteiger partial charge in [-0.1, -0.05) is 42.5 Å². The number of hydrogen-bond acceptors (Lipinski definition) is 5. The van der Waals surface area contributed by atoms with E-state index in [-0.39, 0.29) is 5.69 Å². The van der Waals surface area contributed by atoms with E-state index >= 15 is 0 Å². The molecule has 0 fully saturated rings. The summed E-state index contributed by atoms with van der Waals surface area (Å²) >= 11 is 1.29. The quantitative estimate of drug-likeness (QED) is 0.443. The summed E-state index contributed by atoms with van der Waals surface area (Å²) in [6, 6.07) is 21.6. The number of aromatic carboxylic acids is 1. The van der Waals surface area contributed by atoms with Crippen molar-refractivity contribution >= 4 is 28.1 Å². The zero-order valence-electron chi connectivity index (χ0n) is 14.9. The Morgan fingerprint density at radius 3 is 2.39 bits per heavy atom. The first-order valence-corrected chi connectivity index (χ1v) is 9.61. The molecule has 0 amide bonds. The van der Waals surface area contributed by atoms with Gasteiger partial charge in [0.15, 0.2) is 5.69 Å². The highest BCUT2D eigenvalue weighted by Crippen LogP contribution is 2.27. The van der Waals surface area contributed by atoms with Crippen LogP contribution in [0.25, 0.3) is 21.3 Å². The normalized spacial score (nSPS) is 10.7. The van der Waals surface area contributed by atoms with Crippen LogP contribution in [0, 0.1) is 0 Å². The third kappa shape index (κ3) is 4.13. The zero-order valence-corrected chi connectivity index (χ0v) is 15.7. The number of aromatic nitrogens is 1. The van der Waals surface area contributed by atoms with Crippen LogP contribution in [0.4, 0.5) is 0 Å². The Hall–Kier alpha value is -3.38. The van der Waals surface area contributed by atoms with Gasteiger partial charge in [-0.2, -0.15) is 0 Å². The maximum absolute atomic E-state index is 11.0. The van der Waals surface area contributed by atoms with Gasteiger partial charge >= 0.3 is 5.97 Å². The number of ether oxygens (including phenoxy) is 2. The average molecular weight is 391 g/mol. The van der Waals surface area contributed by atoms with Crippen molar-refractivity contribution in [1.82, 2.24) is 4.98 Å². The Labute approximate surface area is 165 Å². The van der Waals surface area contributed by atoms with Gasteiger partial charge in [0.05, 0.1) is 0 Å². The lowest BCUT2D eigenvalue weighted by Gasteiger charge is -2.10. The number of fused-ring (bicyclic) bond motifs is 1. The van der Waals surface area contributed by atoms with Crippen LogP contribution in [0.5, 0.6) is 11.5 Å². The lowest BCUT2D eigenvalue weighted by molar-refractivity contribution is 0.0691. The SMILES string of the molecule is O=C(O)c1csc(-c2cccc(OCCOc3ccc4ccccc4c3)c2)n1. The second-order valence-corrected chi connectivity index (χ2v) is 6.93. The molecule has 1 heterocycles. The van der Waals surface area contributed by atoms with Crippen molar-refractivity contribution in [1.29, 1.82) is 0 Å². The van der Waals surface area contributed by atoms with Crippen molar-refractivity contribution in [3.05, 3.63) is 77.8 Å². The second kappa shape index (κ2) is 8.10. The molecule has 0 aliphatic heterocycles. The number of thiazole rings is 1. The van der Waals surface area contributed by atoms with Crippen molar-refractivity contribution in [2.75, 3.05) is 13.2 Å². The predicted octanol–water partition coefficient (Wildman–Crippen LogP) is 5.12. The van der Waals surface area contributed by atoms with Gasteiger partial charge in [0.2, 0.25) is 0 Å².